The third-order valence-electron chi connectivity index (χ3n) is 2.80. The Hall–Kier alpha value is -2.55. The van der Waals surface area contributed by atoms with E-state index in [0.29, 0.717) is 17.8 Å². The average molecular weight is 302 g/mol. The van der Waals surface area contributed by atoms with Gasteiger partial charge in [-0.25, -0.2) is 4.98 Å². The average Bonchev–Trinajstić information content (AvgIpc) is 3.20. The van der Waals surface area contributed by atoms with Gasteiger partial charge in [0.2, 0.25) is 11.9 Å². The lowest BCUT2D eigenvalue weighted by Crippen LogP contribution is -2.21. The van der Waals surface area contributed by atoms with Gasteiger partial charge in [0, 0.05) is 20.6 Å². The second-order valence-electron chi connectivity index (χ2n) is 4.34. The van der Waals surface area contributed by atoms with Crippen LogP contribution in [0.5, 0.6) is 0 Å². The van der Waals surface area contributed by atoms with E-state index < -0.39 is 0 Å². The Morgan fingerprint density at radius 3 is 2.90 bits per heavy atom. The minimum absolute atomic E-state index is 0.430. The number of hydrogen-bond donors (Lipinski definition) is 1. The molecule has 9 heteroatoms. The SMILES string of the molecule is CNc1nc(N(C)Cc2ccsc2)nc(-n2cncn2)n1. The van der Waals surface area contributed by atoms with Crippen LogP contribution < -0.4 is 10.2 Å². The van der Waals surface area contributed by atoms with Gasteiger partial charge in [0.05, 0.1) is 0 Å². The summed E-state index contributed by atoms with van der Waals surface area (Å²) in [6, 6.07) is 2.08. The van der Waals surface area contributed by atoms with Crippen LogP contribution in [0.1, 0.15) is 5.56 Å². The third-order valence-corrected chi connectivity index (χ3v) is 3.53. The highest BCUT2D eigenvalue weighted by atomic mass is 32.1. The van der Waals surface area contributed by atoms with Crippen molar-refractivity contribution in [2.24, 2.45) is 0 Å². The highest BCUT2D eigenvalue weighted by Gasteiger charge is 2.12. The molecule has 0 aliphatic carbocycles. The first-order valence-corrected chi connectivity index (χ1v) is 7.21. The van der Waals surface area contributed by atoms with Gasteiger partial charge >= 0.3 is 0 Å². The van der Waals surface area contributed by atoms with Crippen LogP contribution in [0.15, 0.2) is 29.5 Å². The predicted molar refractivity (Wildman–Crippen MR) is 80.7 cm³/mol. The molecule has 108 valence electrons. The topological polar surface area (TPSA) is 84.7 Å². The number of thiophene rings is 1. The fourth-order valence-corrected chi connectivity index (χ4v) is 2.44. The van der Waals surface area contributed by atoms with Crippen LogP contribution in [-0.4, -0.2) is 43.8 Å². The summed E-state index contributed by atoms with van der Waals surface area (Å²) in [5.74, 6) is 1.49. The van der Waals surface area contributed by atoms with Gasteiger partial charge < -0.3 is 10.2 Å². The number of anilines is 2. The van der Waals surface area contributed by atoms with Crippen molar-refractivity contribution in [2.75, 3.05) is 24.3 Å². The van der Waals surface area contributed by atoms with Crippen LogP contribution in [-0.2, 0) is 6.54 Å². The Kier molecular flexibility index (Phi) is 3.73. The summed E-state index contributed by atoms with van der Waals surface area (Å²) < 4.78 is 1.50. The van der Waals surface area contributed by atoms with Gasteiger partial charge in [-0.3, -0.25) is 0 Å². The minimum Gasteiger partial charge on any atom is -0.357 e. The highest BCUT2D eigenvalue weighted by molar-refractivity contribution is 7.07. The molecule has 3 rings (SSSR count). The molecule has 0 radical (unpaired) electrons. The number of hydrogen-bond acceptors (Lipinski definition) is 8. The molecule has 0 aliphatic heterocycles. The molecule has 0 amide bonds. The summed E-state index contributed by atoms with van der Waals surface area (Å²) in [5.41, 5.74) is 1.22. The van der Waals surface area contributed by atoms with Gasteiger partial charge in [0.15, 0.2) is 0 Å². The maximum Gasteiger partial charge on any atom is 0.258 e. The van der Waals surface area contributed by atoms with E-state index in [1.165, 1.54) is 16.6 Å². The van der Waals surface area contributed by atoms with E-state index in [1.54, 1.807) is 24.7 Å². The lowest BCUT2D eigenvalue weighted by atomic mass is 10.3. The molecule has 0 atom stereocenters. The Bertz CT molecular complexity index is 694. The van der Waals surface area contributed by atoms with E-state index in [2.05, 4.69) is 47.2 Å². The molecule has 0 saturated carbocycles. The molecule has 0 bridgehead atoms. The van der Waals surface area contributed by atoms with Crippen molar-refractivity contribution in [3.63, 3.8) is 0 Å². The van der Waals surface area contributed by atoms with E-state index in [9.17, 15) is 0 Å². The van der Waals surface area contributed by atoms with Gasteiger partial charge in [0.1, 0.15) is 12.7 Å². The van der Waals surface area contributed by atoms with Crippen LogP contribution >= 0.6 is 11.3 Å². The summed E-state index contributed by atoms with van der Waals surface area (Å²) in [6.07, 6.45) is 3.00. The molecular weight excluding hydrogens is 288 g/mol. The fraction of sp³-hybridized carbons (Fsp3) is 0.250. The first kappa shape index (κ1) is 13.4. The maximum absolute atomic E-state index is 4.43. The molecular formula is C12H14N8S. The van der Waals surface area contributed by atoms with Crippen molar-refractivity contribution in [1.82, 2.24) is 29.7 Å². The third kappa shape index (κ3) is 2.97. The van der Waals surface area contributed by atoms with Crippen LogP contribution in [0.3, 0.4) is 0 Å². The fourth-order valence-electron chi connectivity index (χ4n) is 1.78. The van der Waals surface area contributed by atoms with Crippen LogP contribution in [0.4, 0.5) is 11.9 Å². The summed E-state index contributed by atoms with van der Waals surface area (Å²) in [4.78, 5) is 19.0. The normalized spacial score (nSPS) is 10.6. The van der Waals surface area contributed by atoms with E-state index >= 15 is 0 Å². The molecule has 3 aromatic rings. The van der Waals surface area contributed by atoms with Crippen LogP contribution in [0.2, 0.25) is 0 Å². The molecule has 0 saturated heterocycles. The summed E-state index contributed by atoms with van der Waals surface area (Å²) in [6.45, 7) is 0.730. The van der Waals surface area contributed by atoms with Crippen LogP contribution in [0.25, 0.3) is 5.95 Å². The highest BCUT2D eigenvalue weighted by Crippen LogP contribution is 2.15. The number of nitrogens with zero attached hydrogens (tertiary/aromatic N) is 7. The molecule has 21 heavy (non-hydrogen) atoms. The van der Waals surface area contributed by atoms with Gasteiger partial charge in [-0.1, -0.05) is 0 Å². The Labute approximate surface area is 125 Å². The summed E-state index contributed by atoms with van der Waals surface area (Å²) in [5, 5.41) is 11.1. The van der Waals surface area contributed by atoms with Crippen molar-refractivity contribution >= 4 is 23.2 Å². The van der Waals surface area contributed by atoms with Crippen molar-refractivity contribution in [1.29, 1.82) is 0 Å². The Morgan fingerprint density at radius 1 is 1.33 bits per heavy atom. The van der Waals surface area contributed by atoms with Gasteiger partial charge in [0.25, 0.3) is 5.95 Å². The van der Waals surface area contributed by atoms with Crippen molar-refractivity contribution in [2.45, 2.75) is 6.54 Å². The number of aromatic nitrogens is 6. The molecule has 0 unspecified atom stereocenters. The summed E-state index contributed by atoms with van der Waals surface area (Å²) >= 11 is 1.67. The lowest BCUT2D eigenvalue weighted by molar-refractivity contribution is 0.775. The van der Waals surface area contributed by atoms with E-state index in [4.69, 9.17) is 0 Å². The molecule has 3 heterocycles. The Balaban J connectivity index is 1.92. The van der Waals surface area contributed by atoms with Gasteiger partial charge in [-0.15, -0.1) is 0 Å². The monoisotopic (exact) mass is 302 g/mol. The standard InChI is InChI=1S/C12H14N8S/c1-13-10-16-11(19(2)5-9-3-4-21-6-9)18-12(17-10)20-8-14-7-15-20/h3-4,6-8H,5H2,1-2H3,(H,13,16,17,18). The quantitative estimate of drug-likeness (QED) is 0.757. The Morgan fingerprint density at radius 2 is 2.24 bits per heavy atom. The first-order valence-electron chi connectivity index (χ1n) is 6.27. The molecule has 0 aromatic carbocycles. The lowest BCUT2D eigenvalue weighted by Gasteiger charge is -2.17. The molecule has 0 fully saturated rings. The summed E-state index contributed by atoms with van der Waals surface area (Å²) in [7, 11) is 3.71. The number of nitrogens with one attached hydrogen (secondary N) is 1. The van der Waals surface area contributed by atoms with E-state index in [-0.39, 0.29) is 0 Å². The molecule has 0 aliphatic rings. The first-order chi connectivity index (χ1) is 10.3. The van der Waals surface area contributed by atoms with Gasteiger partial charge in [-0.2, -0.15) is 36.1 Å². The zero-order chi connectivity index (χ0) is 14.7. The van der Waals surface area contributed by atoms with Crippen molar-refractivity contribution in [3.8, 4) is 5.95 Å². The zero-order valence-corrected chi connectivity index (χ0v) is 12.4. The second-order valence-corrected chi connectivity index (χ2v) is 5.12. The minimum atomic E-state index is 0.430. The predicted octanol–water partition coefficient (Wildman–Crippen LogP) is 1.19. The van der Waals surface area contributed by atoms with Gasteiger partial charge in [-0.05, 0) is 22.4 Å². The molecule has 1 N–H and O–H groups in total. The second kappa shape index (κ2) is 5.83. The molecule has 8 nitrogen and oxygen atoms in total. The van der Waals surface area contributed by atoms with E-state index in [1.807, 2.05) is 11.9 Å². The van der Waals surface area contributed by atoms with E-state index in [0.717, 1.165) is 6.54 Å². The van der Waals surface area contributed by atoms with Crippen LogP contribution in [0, 0.1) is 0 Å². The maximum atomic E-state index is 4.43. The number of rotatable bonds is 5. The van der Waals surface area contributed by atoms with Crippen molar-refractivity contribution in [3.05, 3.63) is 35.0 Å². The van der Waals surface area contributed by atoms with Crippen molar-refractivity contribution < 1.29 is 0 Å². The largest absolute Gasteiger partial charge is 0.357 e. The molecule has 3 aromatic heterocycles. The smallest absolute Gasteiger partial charge is 0.258 e. The molecule has 0 spiro atoms. The zero-order valence-electron chi connectivity index (χ0n) is 11.6.